The molecular weight excluding hydrogens is 336 g/mol. The highest BCUT2D eigenvalue weighted by Crippen LogP contribution is 2.25. The third kappa shape index (κ3) is 4.14. The lowest BCUT2D eigenvalue weighted by molar-refractivity contribution is 0.0988. The summed E-state index contributed by atoms with van der Waals surface area (Å²) in [6.07, 6.45) is 0. The molecule has 0 aliphatic carbocycles. The zero-order valence-corrected chi connectivity index (χ0v) is 16.4. The fraction of sp³-hybridized carbons (Fsp3) is 0.227. The van der Waals surface area contributed by atoms with E-state index in [1.165, 1.54) is 5.56 Å². The van der Waals surface area contributed by atoms with Gasteiger partial charge in [0.1, 0.15) is 17.3 Å². The molecule has 1 aromatic heterocycles. The van der Waals surface area contributed by atoms with Crippen LogP contribution in [0.15, 0.2) is 48.5 Å². The minimum atomic E-state index is -0.174. The average Bonchev–Trinajstić information content (AvgIpc) is 2.63. The third-order valence-corrected chi connectivity index (χ3v) is 4.44. The molecule has 0 spiro atoms. The number of aromatic nitrogens is 2. The van der Waals surface area contributed by atoms with Crippen LogP contribution in [-0.2, 0) is 0 Å². The van der Waals surface area contributed by atoms with Crippen molar-refractivity contribution >= 4 is 23.1 Å². The Kier molecular flexibility index (Phi) is 5.21. The number of nitrogens with one attached hydrogen (secondary N) is 1. The van der Waals surface area contributed by atoms with Crippen molar-refractivity contribution in [2.75, 3.05) is 17.3 Å². The molecule has 5 heteroatoms. The normalized spacial score (nSPS) is 10.6. The van der Waals surface area contributed by atoms with Gasteiger partial charge in [-0.1, -0.05) is 35.9 Å². The van der Waals surface area contributed by atoms with Crippen LogP contribution in [0.2, 0.25) is 0 Å². The maximum absolute atomic E-state index is 12.9. The van der Waals surface area contributed by atoms with E-state index in [4.69, 9.17) is 0 Å². The summed E-state index contributed by atoms with van der Waals surface area (Å²) < 4.78 is 0. The van der Waals surface area contributed by atoms with E-state index in [-0.39, 0.29) is 5.91 Å². The molecule has 1 N–H and O–H groups in total. The van der Waals surface area contributed by atoms with E-state index in [9.17, 15) is 4.79 Å². The van der Waals surface area contributed by atoms with Crippen LogP contribution in [0.4, 0.5) is 17.2 Å². The summed E-state index contributed by atoms with van der Waals surface area (Å²) in [6, 6.07) is 15.5. The Hall–Kier alpha value is -3.21. The SMILES string of the molecule is Cc1cc(C)c(Nc2cc(C(=O)N(C)c3ccccc3)nc(C)n2)c(C)c1. The molecule has 5 nitrogen and oxygen atoms in total. The van der Waals surface area contributed by atoms with Crippen molar-refractivity contribution in [1.29, 1.82) is 0 Å². The monoisotopic (exact) mass is 360 g/mol. The molecule has 0 radical (unpaired) electrons. The van der Waals surface area contributed by atoms with Gasteiger partial charge in [-0.25, -0.2) is 9.97 Å². The number of hydrogen-bond acceptors (Lipinski definition) is 4. The van der Waals surface area contributed by atoms with E-state index in [0.717, 1.165) is 22.5 Å². The van der Waals surface area contributed by atoms with Crippen LogP contribution in [0.25, 0.3) is 0 Å². The molecule has 0 aliphatic heterocycles. The second kappa shape index (κ2) is 7.58. The minimum absolute atomic E-state index is 0.174. The van der Waals surface area contributed by atoms with E-state index in [1.54, 1.807) is 24.9 Å². The molecule has 0 aliphatic rings. The van der Waals surface area contributed by atoms with Crippen LogP contribution in [0.5, 0.6) is 0 Å². The molecular formula is C22H24N4O. The first-order valence-electron chi connectivity index (χ1n) is 8.89. The zero-order chi connectivity index (χ0) is 19.6. The quantitative estimate of drug-likeness (QED) is 0.731. The minimum Gasteiger partial charge on any atom is -0.340 e. The van der Waals surface area contributed by atoms with Crippen molar-refractivity contribution in [3.63, 3.8) is 0 Å². The highest BCUT2D eigenvalue weighted by molar-refractivity contribution is 6.04. The number of hydrogen-bond donors (Lipinski definition) is 1. The molecule has 0 atom stereocenters. The van der Waals surface area contributed by atoms with E-state index < -0.39 is 0 Å². The maximum atomic E-state index is 12.9. The number of nitrogens with zero attached hydrogens (tertiary/aromatic N) is 3. The van der Waals surface area contributed by atoms with Gasteiger partial charge < -0.3 is 10.2 Å². The molecule has 0 bridgehead atoms. The van der Waals surface area contributed by atoms with Gasteiger partial charge in [-0.3, -0.25) is 4.79 Å². The van der Waals surface area contributed by atoms with E-state index in [2.05, 4.69) is 48.2 Å². The average molecular weight is 360 g/mol. The summed E-state index contributed by atoms with van der Waals surface area (Å²) in [5, 5.41) is 3.36. The molecule has 0 fully saturated rings. The highest BCUT2D eigenvalue weighted by atomic mass is 16.2. The molecule has 3 rings (SSSR count). The predicted molar refractivity (Wildman–Crippen MR) is 110 cm³/mol. The second-order valence-corrected chi connectivity index (χ2v) is 6.78. The van der Waals surface area contributed by atoms with Gasteiger partial charge in [-0.15, -0.1) is 0 Å². The van der Waals surface area contributed by atoms with Gasteiger partial charge >= 0.3 is 0 Å². The summed E-state index contributed by atoms with van der Waals surface area (Å²) in [7, 11) is 1.75. The number of rotatable bonds is 4. The van der Waals surface area contributed by atoms with Crippen LogP contribution in [0.3, 0.4) is 0 Å². The lowest BCUT2D eigenvalue weighted by Crippen LogP contribution is -2.27. The highest BCUT2D eigenvalue weighted by Gasteiger charge is 2.17. The van der Waals surface area contributed by atoms with Crippen molar-refractivity contribution in [3.8, 4) is 0 Å². The summed E-state index contributed by atoms with van der Waals surface area (Å²) in [4.78, 5) is 23.3. The number of carbonyl (C=O) groups excluding carboxylic acids is 1. The lowest BCUT2D eigenvalue weighted by atomic mass is 10.1. The molecule has 27 heavy (non-hydrogen) atoms. The number of carbonyl (C=O) groups is 1. The maximum Gasteiger partial charge on any atom is 0.276 e. The fourth-order valence-electron chi connectivity index (χ4n) is 3.19. The Morgan fingerprint density at radius 1 is 0.926 bits per heavy atom. The largest absolute Gasteiger partial charge is 0.340 e. The van der Waals surface area contributed by atoms with E-state index in [0.29, 0.717) is 17.3 Å². The number of aryl methyl sites for hydroxylation is 4. The number of anilines is 3. The standard InChI is InChI=1S/C22H24N4O/c1-14-11-15(2)21(16(3)12-14)25-20-13-19(23-17(4)24-20)22(27)26(5)18-9-7-6-8-10-18/h6-13H,1-5H3,(H,23,24,25). The van der Waals surface area contributed by atoms with Gasteiger partial charge in [0.25, 0.3) is 5.91 Å². The predicted octanol–water partition coefficient (Wildman–Crippen LogP) is 4.73. The van der Waals surface area contributed by atoms with Crippen molar-refractivity contribution < 1.29 is 4.79 Å². The molecule has 138 valence electrons. The summed E-state index contributed by atoms with van der Waals surface area (Å²) in [5.74, 6) is 0.988. The zero-order valence-electron chi connectivity index (χ0n) is 16.4. The van der Waals surface area contributed by atoms with Crippen molar-refractivity contribution in [2.45, 2.75) is 27.7 Å². The van der Waals surface area contributed by atoms with Crippen LogP contribution >= 0.6 is 0 Å². The van der Waals surface area contributed by atoms with Gasteiger partial charge in [0, 0.05) is 24.5 Å². The van der Waals surface area contributed by atoms with Gasteiger partial charge in [0.05, 0.1) is 0 Å². The first kappa shape index (κ1) is 18.6. The number of benzene rings is 2. The van der Waals surface area contributed by atoms with Crippen molar-refractivity contribution in [3.05, 3.63) is 76.7 Å². The topological polar surface area (TPSA) is 58.1 Å². The second-order valence-electron chi connectivity index (χ2n) is 6.78. The smallest absolute Gasteiger partial charge is 0.276 e. The Morgan fingerprint density at radius 2 is 1.56 bits per heavy atom. The number of amides is 1. The first-order valence-corrected chi connectivity index (χ1v) is 8.89. The Labute approximate surface area is 160 Å². The molecule has 0 saturated heterocycles. The number of para-hydroxylation sites is 1. The fourth-order valence-corrected chi connectivity index (χ4v) is 3.19. The Morgan fingerprint density at radius 3 is 2.19 bits per heavy atom. The van der Waals surface area contributed by atoms with Gasteiger partial charge in [0.2, 0.25) is 0 Å². The van der Waals surface area contributed by atoms with E-state index >= 15 is 0 Å². The molecule has 2 aromatic carbocycles. The van der Waals surface area contributed by atoms with Gasteiger partial charge in [-0.2, -0.15) is 0 Å². The lowest BCUT2D eigenvalue weighted by Gasteiger charge is -2.18. The van der Waals surface area contributed by atoms with Crippen LogP contribution in [-0.4, -0.2) is 22.9 Å². The molecule has 3 aromatic rings. The summed E-state index contributed by atoms with van der Waals surface area (Å²) in [6.45, 7) is 7.99. The third-order valence-electron chi connectivity index (χ3n) is 4.44. The Bertz CT molecular complexity index is 960. The van der Waals surface area contributed by atoms with Crippen molar-refractivity contribution in [1.82, 2.24) is 9.97 Å². The molecule has 1 amide bonds. The molecule has 0 saturated carbocycles. The Balaban J connectivity index is 1.92. The van der Waals surface area contributed by atoms with Crippen molar-refractivity contribution in [2.24, 2.45) is 0 Å². The van der Waals surface area contributed by atoms with Gasteiger partial charge in [-0.05, 0) is 51.0 Å². The summed E-state index contributed by atoms with van der Waals surface area (Å²) >= 11 is 0. The first-order chi connectivity index (χ1) is 12.8. The summed E-state index contributed by atoms with van der Waals surface area (Å²) in [5.41, 5.74) is 5.68. The van der Waals surface area contributed by atoms with E-state index in [1.807, 2.05) is 30.3 Å². The van der Waals surface area contributed by atoms with Gasteiger partial charge in [0.15, 0.2) is 0 Å². The molecule has 0 unspecified atom stereocenters. The van der Waals surface area contributed by atoms with Crippen LogP contribution in [0, 0.1) is 27.7 Å². The van der Waals surface area contributed by atoms with Crippen LogP contribution < -0.4 is 10.2 Å². The molecule has 1 heterocycles. The van der Waals surface area contributed by atoms with Crippen LogP contribution in [0.1, 0.15) is 33.0 Å².